The van der Waals surface area contributed by atoms with E-state index in [0.29, 0.717) is 13.0 Å². The summed E-state index contributed by atoms with van der Waals surface area (Å²) in [5.41, 5.74) is 0. The fraction of sp³-hybridized carbons (Fsp3) is 0.929. The summed E-state index contributed by atoms with van der Waals surface area (Å²) in [5, 5.41) is 10.1. The molecule has 0 unspecified atom stereocenters. The van der Waals surface area contributed by atoms with E-state index in [9.17, 15) is 18.3 Å². The Hall–Kier alpha value is -0.660. The lowest BCUT2D eigenvalue weighted by atomic mass is 9.90. The van der Waals surface area contributed by atoms with Crippen molar-refractivity contribution in [3.63, 3.8) is 0 Å². The van der Waals surface area contributed by atoms with Gasteiger partial charge in [0.2, 0.25) is 15.9 Å². The van der Waals surface area contributed by atoms with Crippen LogP contribution < -0.4 is 0 Å². The maximum atomic E-state index is 12.6. The number of rotatable bonds is 3. The van der Waals surface area contributed by atoms with Crippen LogP contribution in [0, 0.1) is 5.92 Å². The number of aliphatic hydroxyl groups excluding tert-OH is 1. The number of carbonyl (C=O) groups is 1. The molecule has 0 aromatic heterocycles. The largest absolute Gasteiger partial charge is 0.391 e. The van der Waals surface area contributed by atoms with E-state index in [1.54, 1.807) is 11.9 Å². The number of carbonyl (C=O) groups excluding carboxylic acids is 1. The highest BCUT2D eigenvalue weighted by molar-refractivity contribution is 7.88. The van der Waals surface area contributed by atoms with Crippen LogP contribution in [0.5, 0.6) is 0 Å². The summed E-state index contributed by atoms with van der Waals surface area (Å²) >= 11 is 0. The van der Waals surface area contributed by atoms with Gasteiger partial charge in [0.15, 0.2) is 0 Å². The summed E-state index contributed by atoms with van der Waals surface area (Å²) in [6.45, 7) is 0.767. The highest BCUT2D eigenvalue weighted by Gasteiger charge is 2.36. The Bertz CT molecular complexity index is 479. The predicted molar refractivity (Wildman–Crippen MR) is 80.2 cm³/mol. The minimum Gasteiger partial charge on any atom is -0.391 e. The van der Waals surface area contributed by atoms with E-state index in [0.717, 1.165) is 32.1 Å². The molecule has 0 radical (unpaired) electrons. The Labute approximate surface area is 127 Å². The van der Waals surface area contributed by atoms with Gasteiger partial charge in [0.25, 0.3) is 0 Å². The standard InChI is InChI=1S/C14H26N2O4S/c1-15(12-7-3-4-8-13(12)17)14(18)11-6-5-9-16(10-11)21(2,19)20/h11-13,17H,3-10H2,1-2H3/t11-,12+,13-/m1/s1. The molecule has 1 heterocycles. The summed E-state index contributed by atoms with van der Waals surface area (Å²) in [7, 11) is -1.50. The van der Waals surface area contributed by atoms with Crippen LogP contribution in [-0.4, -0.2) is 67.2 Å². The van der Waals surface area contributed by atoms with Crippen molar-refractivity contribution in [2.24, 2.45) is 5.92 Å². The fourth-order valence-electron chi connectivity index (χ4n) is 3.44. The first-order valence-electron chi connectivity index (χ1n) is 7.70. The second-order valence-corrected chi connectivity index (χ2v) is 8.31. The van der Waals surface area contributed by atoms with Crippen molar-refractivity contribution in [1.29, 1.82) is 0 Å². The molecule has 0 bridgehead atoms. The zero-order chi connectivity index (χ0) is 15.6. The fourth-order valence-corrected chi connectivity index (χ4v) is 4.35. The van der Waals surface area contributed by atoms with E-state index >= 15 is 0 Å². The Balaban J connectivity index is 2.01. The Morgan fingerprint density at radius 1 is 1.19 bits per heavy atom. The molecule has 3 atom stereocenters. The van der Waals surface area contributed by atoms with Crippen LogP contribution in [0.2, 0.25) is 0 Å². The maximum Gasteiger partial charge on any atom is 0.227 e. The molecule has 2 aliphatic rings. The third-order valence-electron chi connectivity index (χ3n) is 4.74. The van der Waals surface area contributed by atoms with Crippen LogP contribution in [0.4, 0.5) is 0 Å². The Kier molecular flexibility index (Phi) is 5.27. The summed E-state index contributed by atoms with van der Waals surface area (Å²) in [4.78, 5) is 14.3. The monoisotopic (exact) mass is 318 g/mol. The first-order valence-corrected chi connectivity index (χ1v) is 9.55. The topological polar surface area (TPSA) is 77.9 Å². The smallest absolute Gasteiger partial charge is 0.227 e. The van der Waals surface area contributed by atoms with Gasteiger partial charge >= 0.3 is 0 Å². The van der Waals surface area contributed by atoms with Gasteiger partial charge in [-0.25, -0.2) is 12.7 Å². The number of sulfonamides is 1. The number of likely N-dealkylation sites (N-methyl/N-ethyl adjacent to an activating group) is 1. The lowest BCUT2D eigenvalue weighted by Gasteiger charge is -2.39. The van der Waals surface area contributed by atoms with Crippen molar-refractivity contribution in [1.82, 2.24) is 9.21 Å². The van der Waals surface area contributed by atoms with Crippen LogP contribution >= 0.6 is 0 Å². The maximum absolute atomic E-state index is 12.6. The molecule has 1 amide bonds. The SMILES string of the molecule is CN(C(=O)[C@@H]1CCCN(S(C)(=O)=O)C1)[C@H]1CCCC[C@H]1O. The summed E-state index contributed by atoms with van der Waals surface area (Å²) < 4.78 is 24.7. The van der Waals surface area contributed by atoms with Crippen LogP contribution in [-0.2, 0) is 14.8 Å². The van der Waals surface area contributed by atoms with Gasteiger partial charge < -0.3 is 10.0 Å². The average molecular weight is 318 g/mol. The third-order valence-corrected chi connectivity index (χ3v) is 6.01. The molecule has 122 valence electrons. The zero-order valence-electron chi connectivity index (χ0n) is 12.9. The van der Waals surface area contributed by atoms with Gasteiger partial charge in [-0.3, -0.25) is 4.79 Å². The van der Waals surface area contributed by atoms with Gasteiger partial charge in [-0.2, -0.15) is 0 Å². The molecule has 21 heavy (non-hydrogen) atoms. The first-order chi connectivity index (χ1) is 9.80. The van der Waals surface area contributed by atoms with Crippen molar-refractivity contribution >= 4 is 15.9 Å². The van der Waals surface area contributed by atoms with Crippen molar-refractivity contribution < 1.29 is 18.3 Å². The summed E-state index contributed by atoms with van der Waals surface area (Å²) in [5.74, 6) is -0.318. The number of amides is 1. The van der Waals surface area contributed by atoms with Crippen LogP contribution in [0.3, 0.4) is 0 Å². The Morgan fingerprint density at radius 2 is 1.86 bits per heavy atom. The van der Waals surface area contributed by atoms with Gasteiger partial charge in [0.1, 0.15) is 0 Å². The van der Waals surface area contributed by atoms with Gasteiger partial charge in [-0.15, -0.1) is 0 Å². The molecule has 6 nitrogen and oxygen atoms in total. The molecular formula is C14H26N2O4S. The van der Waals surface area contributed by atoms with Gasteiger partial charge in [-0.1, -0.05) is 12.8 Å². The van der Waals surface area contributed by atoms with E-state index in [4.69, 9.17) is 0 Å². The number of hydrogen-bond donors (Lipinski definition) is 1. The molecule has 0 aromatic carbocycles. The minimum absolute atomic E-state index is 0.0331. The highest BCUT2D eigenvalue weighted by atomic mass is 32.2. The molecule has 2 rings (SSSR count). The quantitative estimate of drug-likeness (QED) is 0.818. The normalized spacial score (nSPS) is 31.9. The molecule has 1 N–H and O–H groups in total. The second kappa shape index (κ2) is 6.62. The van der Waals surface area contributed by atoms with Crippen LogP contribution in [0.1, 0.15) is 38.5 Å². The Morgan fingerprint density at radius 3 is 2.48 bits per heavy atom. The number of piperidine rings is 1. The molecule has 1 saturated heterocycles. The average Bonchev–Trinajstić information content (AvgIpc) is 2.45. The van der Waals surface area contributed by atoms with E-state index in [2.05, 4.69) is 0 Å². The third kappa shape index (κ3) is 3.96. The molecule has 1 aliphatic heterocycles. The van der Waals surface area contributed by atoms with Crippen LogP contribution in [0.15, 0.2) is 0 Å². The second-order valence-electron chi connectivity index (χ2n) is 6.33. The van der Waals surface area contributed by atoms with Crippen molar-refractivity contribution in [2.45, 2.75) is 50.7 Å². The predicted octanol–water partition coefficient (Wildman–Crippen LogP) is 0.420. The minimum atomic E-state index is -3.24. The van der Waals surface area contributed by atoms with Gasteiger partial charge in [0.05, 0.1) is 24.3 Å². The zero-order valence-corrected chi connectivity index (χ0v) is 13.7. The van der Waals surface area contributed by atoms with E-state index in [1.807, 2.05) is 0 Å². The van der Waals surface area contributed by atoms with Crippen molar-refractivity contribution in [3.05, 3.63) is 0 Å². The van der Waals surface area contributed by atoms with Crippen molar-refractivity contribution in [2.75, 3.05) is 26.4 Å². The molecule has 1 saturated carbocycles. The lowest BCUT2D eigenvalue weighted by molar-refractivity contribution is -0.140. The van der Waals surface area contributed by atoms with Gasteiger partial charge in [0, 0.05) is 20.1 Å². The molecule has 7 heteroatoms. The highest BCUT2D eigenvalue weighted by Crippen LogP contribution is 2.26. The van der Waals surface area contributed by atoms with E-state index in [1.165, 1.54) is 10.6 Å². The first kappa shape index (κ1) is 16.7. The molecule has 0 spiro atoms. The molecule has 1 aliphatic carbocycles. The number of aliphatic hydroxyl groups is 1. The summed E-state index contributed by atoms with van der Waals surface area (Å²) in [6.07, 6.45) is 5.76. The lowest BCUT2D eigenvalue weighted by Crippen LogP contribution is -2.51. The van der Waals surface area contributed by atoms with Gasteiger partial charge in [-0.05, 0) is 25.7 Å². The molecule has 0 aromatic rings. The molecule has 2 fully saturated rings. The summed E-state index contributed by atoms with van der Waals surface area (Å²) in [6, 6.07) is -0.125. The number of nitrogens with zero attached hydrogens (tertiary/aromatic N) is 2. The van der Waals surface area contributed by atoms with E-state index < -0.39 is 16.1 Å². The molecular weight excluding hydrogens is 292 g/mol. The number of hydrogen-bond acceptors (Lipinski definition) is 4. The van der Waals surface area contributed by atoms with Crippen molar-refractivity contribution in [3.8, 4) is 0 Å². The van der Waals surface area contributed by atoms with E-state index in [-0.39, 0.29) is 24.4 Å². The van der Waals surface area contributed by atoms with Crippen LogP contribution in [0.25, 0.3) is 0 Å².